The maximum atomic E-state index is 11.4. The molecule has 0 aliphatic carbocycles. The summed E-state index contributed by atoms with van der Waals surface area (Å²) < 4.78 is 1.68. The quantitative estimate of drug-likeness (QED) is 0.747. The van der Waals surface area contributed by atoms with Gasteiger partial charge >= 0.3 is 5.97 Å². The number of carbonyl (C=O) groups excluding carboxylic acids is 1. The molecule has 1 amide bonds. The van der Waals surface area contributed by atoms with E-state index in [-0.39, 0.29) is 24.8 Å². The van der Waals surface area contributed by atoms with E-state index in [0.717, 1.165) is 0 Å². The average Bonchev–Trinajstić information content (AvgIpc) is 2.74. The number of aromatic nitrogens is 3. The summed E-state index contributed by atoms with van der Waals surface area (Å²) >= 11 is 0. The van der Waals surface area contributed by atoms with Gasteiger partial charge < -0.3 is 10.4 Å². The number of carboxylic acids is 1. The number of rotatable bonds is 6. The topological polar surface area (TPSA) is 97.1 Å². The molecule has 0 unspecified atom stereocenters. The van der Waals surface area contributed by atoms with Gasteiger partial charge in [0.2, 0.25) is 5.91 Å². The smallest absolute Gasteiger partial charge is 0.303 e. The summed E-state index contributed by atoms with van der Waals surface area (Å²) in [6.07, 6.45) is 1.23. The molecule has 0 bridgehead atoms. The van der Waals surface area contributed by atoms with Crippen LogP contribution in [0.25, 0.3) is 0 Å². The molecule has 0 aliphatic rings. The van der Waals surface area contributed by atoms with E-state index in [1.165, 1.54) is 6.33 Å². The maximum Gasteiger partial charge on any atom is 0.303 e. The summed E-state index contributed by atoms with van der Waals surface area (Å²) in [4.78, 5) is 25.8. The van der Waals surface area contributed by atoms with E-state index in [1.807, 2.05) is 6.92 Å². The standard InChI is InChI=1S/C10H16N4O3/c1-3-14-10(11-6-12-14)7(2)13-8(15)4-5-9(16)17/h6-7H,3-5H2,1-2H3,(H,13,15)(H,16,17)/t7-/m0/s1. The Morgan fingerprint density at radius 3 is 2.82 bits per heavy atom. The summed E-state index contributed by atoms with van der Waals surface area (Å²) in [7, 11) is 0. The fourth-order valence-electron chi connectivity index (χ4n) is 1.45. The molecule has 1 heterocycles. The highest BCUT2D eigenvalue weighted by Gasteiger charge is 2.15. The summed E-state index contributed by atoms with van der Waals surface area (Å²) in [5, 5.41) is 15.1. The minimum Gasteiger partial charge on any atom is -0.481 e. The maximum absolute atomic E-state index is 11.4. The van der Waals surface area contributed by atoms with Gasteiger partial charge in [0.25, 0.3) is 0 Å². The molecule has 7 nitrogen and oxygen atoms in total. The lowest BCUT2D eigenvalue weighted by Crippen LogP contribution is -2.29. The van der Waals surface area contributed by atoms with Gasteiger partial charge in [0.05, 0.1) is 12.5 Å². The van der Waals surface area contributed by atoms with Crippen molar-refractivity contribution in [2.75, 3.05) is 0 Å². The van der Waals surface area contributed by atoms with Crippen molar-refractivity contribution in [2.45, 2.75) is 39.3 Å². The van der Waals surface area contributed by atoms with Gasteiger partial charge in [0.15, 0.2) is 0 Å². The Hall–Kier alpha value is -1.92. The first-order chi connectivity index (χ1) is 8.04. The highest BCUT2D eigenvalue weighted by atomic mass is 16.4. The summed E-state index contributed by atoms with van der Waals surface area (Å²) in [6.45, 7) is 4.39. The first-order valence-electron chi connectivity index (χ1n) is 5.43. The Balaban J connectivity index is 2.51. The van der Waals surface area contributed by atoms with Crippen molar-refractivity contribution in [2.24, 2.45) is 0 Å². The molecule has 17 heavy (non-hydrogen) atoms. The molecule has 2 N–H and O–H groups in total. The number of nitrogens with zero attached hydrogens (tertiary/aromatic N) is 3. The van der Waals surface area contributed by atoms with Gasteiger partial charge in [-0.25, -0.2) is 9.67 Å². The minimum atomic E-state index is -0.982. The van der Waals surface area contributed by atoms with E-state index >= 15 is 0 Å². The van der Waals surface area contributed by atoms with Crippen molar-refractivity contribution in [3.05, 3.63) is 12.2 Å². The van der Waals surface area contributed by atoms with Crippen LogP contribution in [0.5, 0.6) is 0 Å². The molecule has 94 valence electrons. The number of hydrogen-bond acceptors (Lipinski definition) is 4. The van der Waals surface area contributed by atoms with Gasteiger partial charge in [-0.2, -0.15) is 5.10 Å². The van der Waals surface area contributed by atoms with Crippen LogP contribution in [0.15, 0.2) is 6.33 Å². The largest absolute Gasteiger partial charge is 0.481 e. The summed E-state index contributed by atoms with van der Waals surface area (Å²) in [5.74, 6) is -0.619. The molecule has 0 spiro atoms. The monoisotopic (exact) mass is 240 g/mol. The number of aliphatic carboxylic acids is 1. The van der Waals surface area contributed by atoms with Crippen LogP contribution in [0.3, 0.4) is 0 Å². The SMILES string of the molecule is CCn1ncnc1[C@H](C)NC(=O)CCC(=O)O. The molecular weight excluding hydrogens is 224 g/mol. The van der Waals surface area contributed by atoms with Gasteiger partial charge in [-0.05, 0) is 13.8 Å². The molecule has 1 aromatic heterocycles. The molecule has 1 aromatic rings. The number of carboxylic acid groups (broad SMARTS) is 1. The van der Waals surface area contributed by atoms with Gasteiger partial charge in [-0.1, -0.05) is 0 Å². The lowest BCUT2D eigenvalue weighted by Gasteiger charge is -2.13. The van der Waals surface area contributed by atoms with Crippen LogP contribution in [-0.2, 0) is 16.1 Å². The van der Waals surface area contributed by atoms with Crippen LogP contribution in [0.1, 0.15) is 38.6 Å². The van der Waals surface area contributed by atoms with Gasteiger partial charge in [-0.15, -0.1) is 0 Å². The Kier molecular flexibility index (Phi) is 4.62. The van der Waals surface area contributed by atoms with Crippen LogP contribution in [-0.4, -0.2) is 31.7 Å². The Morgan fingerprint density at radius 1 is 1.53 bits per heavy atom. The lowest BCUT2D eigenvalue weighted by atomic mass is 10.2. The van der Waals surface area contributed by atoms with Crippen LogP contribution < -0.4 is 5.32 Å². The normalized spacial score (nSPS) is 12.1. The van der Waals surface area contributed by atoms with Crippen molar-refractivity contribution in [3.8, 4) is 0 Å². The van der Waals surface area contributed by atoms with Gasteiger partial charge in [0.1, 0.15) is 12.2 Å². The molecule has 0 fully saturated rings. The van der Waals surface area contributed by atoms with E-state index in [1.54, 1.807) is 11.6 Å². The zero-order valence-electron chi connectivity index (χ0n) is 9.88. The highest BCUT2D eigenvalue weighted by molar-refractivity contribution is 5.80. The van der Waals surface area contributed by atoms with Crippen LogP contribution >= 0.6 is 0 Å². The predicted molar refractivity (Wildman–Crippen MR) is 59.1 cm³/mol. The summed E-state index contributed by atoms with van der Waals surface area (Å²) in [5.41, 5.74) is 0. The molecule has 1 atom stereocenters. The van der Waals surface area contributed by atoms with Crippen LogP contribution in [0.2, 0.25) is 0 Å². The zero-order valence-corrected chi connectivity index (χ0v) is 9.88. The number of nitrogens with one attached hydrogen (secondary N) is 1. The van der Waals surface area contributed by atoms with Gasteiger partial charge in [0, 0.05) is 13.0 Å². The summed E-state index contributed by atoms with van der Waals surface area (Å²) in [6, 6.07) is -0.279. The third-order valence-corrected chi connectivity index (χ3v) is 2.28. The van der Waals surface area contributed by atoms with Crippen LogP contribution in [0.4, 0.5) is 0 Å². The van der Waals surface area contributed by atoms with Gasteiger partial charge in [-0.3, -0.25) is 9.59 Å². The number of carbonyl (C=O) groups is 2. The Labute approximate surface area is 98.8 Å². The van der Waals surface area contributed by atoms with Crippen molar-refractivity contribution in [3.63, 3.8) is 0 Å². The third-order valence-electron chi connectivity index (χ3n) is 2.28. The van der Waals surface area contributed by atoms with E-state index in [2.05, 4.69) is 15.4 Å². The van der Waals surface area contributed by atoms with E-state index in [0.29, 0.717) is 12.4 Å². The first kappa shape index (κ1) is 13.1. The van der Waals surface area contributed by atoms with Crippen molar-refractivity contribution in [1.82, 2.24) is 20.1 Å². The second-order valence-electron chi connectivity index (χ2n) is 3.62. The second-order valence-corrected chi connectivity index (χ2v) is 3.62. The second kappa shape index (κ2) is 5.97. The predicted octanol–water partition coefficient (Wildman–Crippen LogP) is 0.340. The fourth-order valence-corrected chi connectivity index (χ4v) is 1.45. The number of amides is 1. The van der Waals surface area contributed by atoms with E-state index < -0.39 is 5.97 Å². The lowest BCUT2D eigenvalue weighted by molar-refractivity contribution is -0.138. The molecule has 0 radical (unpaired) electrons. The van der Waals surface area contributed by atoms with Crippen LogP contribution in [0, 0.1) is 0 Å². The molecule has 0 saturated carbocycles. The number of hydrogen-bond donors (Lipinski definition) is 2. The average molecular weight is 240 g/mol. The molecular formula is C10H16N4O3. The number of aryl methyl sites for hydroxylation is 1. The molecule has 0 aromatic carbocycles. The molecule has 1 rings (SSSR count). The van der Waals surface area contributed by atoms with Crippen molar-refractivity contribution in [1.29, 1.82) is 0 Å². The first-order valence-corrected chi connectivity index (χ1v) is 5.43. The zero-order chi connectivity index (χ0) is 12.8. The molecule has 0 saturated heterocycles. The fraction of sp³-hybridized carbons (Fsp3) is 0.600. The minimum absolute atomic E-state index is 0.0278. The van der Waals surface area contributed by atoms with E-state index in [4.69, 9.17) is 5.11 Å². The van der Waals surface area contributed by atoms with Crippen molar-refractivity contribution >= 4 is 11.9 Å². The highest BCUT2D eigenvalue weighted by Crippen LogP contribution is 2.08. The molecule has 7 heteroatoms. The Bertz CT molecular complexity index is 402. The Morgan fingerprint density at radius 2 is 2.24 bits per heavy atom. The van der Waals surface area contributed by atoms with Crippen molar-refractivity contribution < 1.29 is 14.7 Å². The van der Waals surface area contributed by atoms with E-state index in [9.17, 15) is 9.59 Å². The molecule has 0 aliphatic heterocycles. The third kappa shape index (κ3) is 3.86.